The highest BCUT2D eigenvalue weighted by molar-refractivity contribution is 7.99. The van der Waals surface area contributed by atoms with E-state index >= 15 is 0 Å². The number of carbonyl (C=O) groups is 1. The number of benzene rings is 1. The summed E-state index contributed by atoms with van der Waals surface area (Å²) in [4.78, 5) is 16.0. The number of allylic oxidation sites excluding steroid dienone is 1. The largest absolute Gasteiger partial charge is 0.378 e. The van der Waals surface area contributed by atoms with Crippen LogP contribution < -0.4 is 10.7 Å². The smallest absolute Gasteiger partial charge is 0.250 e. The minimum Gasteiger partial charge on any atom is -0.378 e. The maximum atomic E-state index is 12.1. The van der Waals surface area contributed by atoms with Gasteiger partial charge in [-0.2, -0.15) is 5.10 Å². The second-order valence-electron chi connectivity index (χ2n) is 6.03. The predicted molar refractivity (Wildman–Crippen MR) is 120 cm³/mol. The molecule has 0 atom stereocenters. The highest BCUT2D eigenvalue weighted by Gasteiger charge is 2.13. The lowest BCUT2D eigenvalue weighted by atomic mass is 10.3. The van der Waals surface area contributed by atoms with E-state index in [1.807, 2.05) is 34.9 Å². The molecule has 30 heavy (non-hydrogen) atoms. The third-order valence-electron chi connectivity index (χ3n) is 3.82. The first-order valence-corrected chi connectivity index (χ1v) is 10.4. The molecule has 0 aliphatic rings. The first kappa shape index (κ1) is 21.5. The van der Waals surface area contributed by atoms with Gasteiger partial charge in [-0.05, 0) is 30.3 Å². The quantitative estimate of drug-likeness (QED) is 0.217. The molecule has 2 N–H and O–H groups in total. The monoisotopic (exact) mass is 441 g/mol. The van der Waals surface area contributed by atoms with Gasteiger partial charge in [0.05, 0.1) is 18.5 Å². The standard InChI is InChI=1S/C20H20ClN7OS/c1-2-10-28-18(13-23-17-7-5-16(21)6-8-17)25-27-20(28)30-14-19(29)26-24-12-15-4-3-9-22-11-15/h2-9,11-12,23H,1,10,13-14H2,(H,26,29)/b24-12+. The third kappa shape index (κ3) is 6.43. The summed E-state index contributed by atoms with van der Waals surface area (Å²) in [6, 6.07) is 11.1. The van der Waals surface area contributed by atoms with E-state index in [2.05, 4.69) is 37.6 Å². The van der Waals surface area contributed by atoms with E-state index < -0.39 is 0 Å². The Kier molecular flexibility index (Phi) is 7.99. The van der Waals surface area contributed by atoms with Gasteiger partial charge in [0.25, 0.3) is 5.91 Å². The number of aromatic nitrogens is 4. The molecule has 0 radical (unpaired) electrons. The van der Waals surface area contributed by atoms with Gasteiger partial charge in [-0.15, -0.1) is 16.8 Å². The third-order valence-corrected chi connectivity index (χ3v) is 5.04. The fourth-order valence-electron chi connectivity index (χ4n) is 2.41. The van der Waals surface area contributed by atoms with Gasteiger partial charge in [0.2, 0.25) is 0 Å². The van der Waals surface area contributed by atoms with E-state index in [4.69, 9.17) is 11.6 Å². The zero-order valence-electron chi connectivity index (χ0n) is 16.0. The molecule has 0 aliphatic carbocycles. The number of hydrogen-bond acceptors (Lipinski definition) is 7. The Balaban J connectivity index is 1.54. The van der Waals surface area contributed by atoms with E-state index in [1.54, 1.807) is 24.5 Å². The van der Waals surface area contributed by atoms with Gasteiger partial charge in [-0.25, -0.2) is 5.43 Å². The number of amides is 1. The average Bonchev–Trinajstić information content (AvgIpc) is 3.14. The van der Waals surface area contributed by atoms with Crippen LogP contribution >= 0.6 is 23.4 Å². The topological polar surface area (TPSA) is 97.1 Å². The first-order chi connectivity index (χ1) is 14.7. The fraction of sp³-hybridized carbons (Fsp3) is 0.150. The van der Waals surface area contributed by atoms with Gasteiger partial charge in [-0.3, -0.25) is 9.78 Å². The number of hydrazone groups is 1. The second-order valence-corrected chi connectivity index (χ2v) is 7.41. The maximum absolute atomic E-state index is 12.1. The molecule has 0 saturated carbocycles. The Morgan fingerprint density at radius 2 is 2.10 bits per heavy atom. The number of hydrogen-bond donors (Lipinski definition) is 2. The molecule has 1 amide bonds. The molecule has 0 fully saturated rings. The van der Waals surface area contributed by atoms with Crippen molar-refractivity contribution in [2.75, 3.05) is 11.1 Å². The molecule has 0 aliphatic heterocycles. The summed E-state index contributed by atoms with van der Waals surface area (Å²) < 4.78 is 1.91. The van der Waals surface area contributed by atoms with Gasteiger partial charge in [0.15, 0.2) is 11.0 Å². The molecule has 0 saturated heterocycles. The Morgan fingerprint density at radius 1 is 1.27 bits per heavy atom. The van der Waals surface area contributed by atoms with Crippen LogP contribution in [-0.4, -0.2) is 37.6 Å². The summed E-state index contributed by atoms with van der Waals surface area (Å²) in [5.74, 6) is 0.654. The lowest BCUT2D eigenvalue weighted by molar-refractivity contribution is -0.118. The van der Waals surface area contributed by atoms with Crippen LogP contribution in [0.1, 0.15) is 11.4 Å². The van der Waals surface area contributed by atoms with Crippen molar-refractivity contribution in [3.63, 3.8) is 0 Å². The van der Waals surface area contributed by atoms with Crippen molar-refractivity contribution < 1.29 is 4.79 Å². The summed E-state index contributed by atoms with van der Waals surface area (Å²) in [5.41, 5.74) is 4.22. The van der Waals surface area contributed by atoms with Gasteiger partial charge in [0.1, 0.15) is 0 Å². The number of anilines is 1. The second kappa shape index (κ2) is 11.1. The van der Waals surface area contributed by atoms with E-state index in [-0.39, 0.29) is 11.7 Å². The Hall–Kier alpha value is -3.17. The van der Waals surface area contributed by atoms with E-state index in [0.717, 1.165) is 17.1 Å². The number of pyridine rings is 1. The zero-order valence-corrected chi connectivity index (χ0v) is 17.6. The Labute approximate surface area is 183 Å². The summed E-state index contributed by atoms with van der Waals surface area (Å²) in [6.45, 7) is 4.80. The molecule has 2 aromatic heterocycles. The van der Waals surface area contributed by atoms with Crippen LogP contribution in [0, 0.1) is 0 Å². The van der Waals surface area contributed by atoms with Crippen LogP contribution in [0.25, 0.3) is 0 Å². The number of nitrogens with zero attached hydrogens (tertiary/aromatic N) is 5. The number of halogens is 1. The minimum atomic E-state index is -0.242. The predicted octanol–water partition coefficient (Wildman–Crippen LogP) is 3.37. The van der Waals surface area contributed by atoms with Gasteiger partial charge >= 0.3 is 0 Å². The molecule has 0 unspecified atom stereocenters. The Morgan fingerprint density at radius 3 is 2.83 bits per heavy atom. The highest BCUT2D eigenvalue weighted by atomic mass is 35.5. The van der Waals surface area contributed by atoms with Crippen molar-refractivity contribution in [3.8, 4) is 0 Å². The molecular weight excluding hydrogens is 422 g/mol. The van der Waals surface area contributed by atoms with Crippen molar-refractivity contribution in [3.05, 3.63) is 77.9 Å². The van der Waals surface area contributed by atoms with E-state index in [0.29, 0.717) is 23.3 Å². The summed E-state index contributed by atoms with van der Waals surface area (Å²) in [6.07, 6.45) is 6.63. The summed E-state index contributed by atoms with van der Waals surface area (Å²) in [5, 5.41) is 17.0. The molecule has 0 spiro atoms. The number of carbonyl (C=O) groups excluding carboxylic acids is 1. The number of thioether (sulfide) groups is 1. The summed E-state index contributed by atoms with van der Waals surface area (Å²) in [7, 11) is 0. The van der Waals surface area contributed by atoms with Crippen LogP contribution in [0.3, 0.4) is 0 Å². The lowest BCUT2D eigenvalue weighted by Crippen LogP contribution is -2.20. The lowest BCUT2D eigenvalue weighted by Gasteiger charge is -2.09. The van der Waals surface area contributed by atoms with Crippen molar-refractivity contribution in [1.29, 1.82) is 0 Å². The van der Waals surface area contributed by atoms with Crippen LogP contribution in [0.5, 0.6) is 0 Å². The van der Waals surface area contributed by atoms with Crippen LogP contribution in [0.2, 0.25) is 5.02 Å². The Bertz CT molecular complexity index is 1010. The molecule has 3 aromatic rings. The van der Waals surface area contributed by atoms with Gasteiger partial charge in [-0.1, -0.05) is 35.5 Å². The zero-order chi connectivity index (χ0) is 21.2. The number of nitrogens with one attached hydrogen (secondary N) is 2. The molecule has 0 bridgehead atoms. The average molecular weight is 442 g/mol. The summed E-state index contributed by atoms with van der Waals surface area (Å²) >= 11 is 7.19. The fourth-order valence-corrected chi connectivity index (χ4v) is 3.30. The van der Waals surface area contributed by atoms with Crippen molar-refractivity contribution in [2.24, 2.45) is 5.10 Å². The van der Waals surface area contributed by atoms with Gasteiger partial charge < -0.3 is 9.88 Å². The van der Waals surface area contributed by atoms with Crippen molar-refractivity contribution >= 4 is 41.2 Å². The molecule has 1 aromatic carbocycles. The van der Waals surface area contributed by atoms with Crippen LogP contribution in [0.15, 0.2) is 71.7 Å². The highest BCUT2D eigenvalue weighted by Crippen LogP contribution is 2.19. The molecular formula is C20H20ClN7OS. The molecule has 3 rings (SSSR count). The molecule has 10 heteroatoms. The molecule has 8 nitrogen and oxygen atoms in total. The van der Waals surface area contributed by atoms with Crippen LogP contribution in [0.4, 0.5) is 5.69 Å². The molecule has 154 valence electrons. The maximum Gasteiger partial charge on any atom is 0.250 e. The van der Waals surface area contributed by atoms with E-state index in [1.165, 1.54) is 18.0 Å². The van der Waals surface area contributed by atoms with Crippen molar-refractivity contribution in [1.82, 2.24) is 25.2 Å². The van der Waals surface area contributed by atoms with E-state index in [9.17, 15) is 4.79 Å². The molecule has 2 heterocycles. The van der Waals surface area contributed by atoms with Gasteiger partial charge in [0, 0.05) is 35.2 Å². The SMILES string of the molecule is C=CCn1c(CNc2ccc(Cl)cc2)nnc1SCC(=O)N/N=C/c1cccnc1. The first-order valence-electron chi connectivity index (χ1n) is 9.03. The minimum absolute atomic E-state index is 0.157. The van der Waals surface area contributed by atoms with Crippen molar-refractivity contribution in [2.45, 2.75) is 18.2 Å². The van der Waals surface area contributed by atoms with Crippen LogP contribution in [-0.2, 0) is 17.9 Å². The normalized spacial score (nSPS) is 10.8. The number of rotatable bonds is 10.